The molecule has 2 aromatic rings. The zero-order chi connectivity index (χ0) is 13.7. The molecule has 2 rings (SSSR count). The van der Waals surface area contributed by atoms with Crippen LogP contribution in [-0.4, -0.2) is 22.6 Å². The maximum Gasteiger partial charge on any atom is 0.270 e. The van der Waals surface area contributed by atoms with Crippen LogP contribution < -0.4 is 10.6 Å². The lowest BCUT2D eigenvalue weighted by Crippen LogP contribution is -2.23. The van der Waals surface area contributed by atoms with Crippen LogP contribution in [0.1, 0.15) is 28.9 Å². The Hall–Kier alpha value is -2.37. The van der Waals surface area contributed by atoms with Gasteiger partial charge in [0, 0.05) is 12.6 Å². The SMILES string of the molecule is CCNc1ccc(C(=O)NCc2cc(C)no2)nc1. The Balaban J connectivity index is 1.92. The summed E-state index contributed by atoms with van der Waals surface area (Å²) in [5, 5.41) is 9.59. The number of hydrogen-bond acceptors (Lipinski definition) is 5. The first-order valence-electron chi connectivity index (χ1n) is 6.09. The Bertz CT molecular complexity index is 548. The van der Waals surface area contributed by atoms with Crippen molar-refractivity contribution in [2.24, 2.45) is 0 Å². The molecule has 0 radical (unpaired) electrons. The molecule has 2 aromatic heterocycles. The van der Waals surface area contributed by atoms with Crippen molar-refractivity contribution in [3.05, 3.63) is 41.5 Å². The number of rotatable bonds is 5. The lowest BCUT2D eigenvalue weighted by molar-refractivity contribution is 0.0942. The second kappa shape index (κ2) is 5.99. The summed E-state index contributed by atoms with van der Waals surface area (Å²) in [5.41, 5.74) is 2.06. The van der Waals surface area contributed by atoms with Gasteiger partial charge < -0.3 is 15.2 Å². The van der Waals surface area contributed by atoms with Crippen molar-refractivity contribution in [2.45, 2.75) is 20.4 Å². The van der Waals surface area contributed by atoms with E-state index in [0.717, 1.165) is 17.9 Å². The van der Waals surface area contributed by atoms with Crippen molar-refractivity contribution >= 4 is 11.6 Å². The summed E-state index contributed by atoms with van der Waals surface area (Å²) in [7, 11) is 0. The molecule has 0 fully saturated rings. The predicted octanol–water partition coefficient (Wildman–Crippen LogP) is 1.74. The smallest absolute Gasteiger partial charge is 0.270 e. The van der Waals surface area contributed by atoms with Gasteiger partial charge in [-0.1, -0.05) is 5.16 Å². The summed E-state index contributed by atoms with van der Waals surface area (Å²) in [6, 6.07) is 5.28. The number of carbonyl (C=O) groups is 1. The third-order valence-corrected chi connectivity index (χ3v) is 2.48. The zero-order valence-corrected chi connectivity index (χ0v) is 10.9. The number of carbonyl (C=O) groups excluding carboxylic acids is 1. The fourth-order valence-electron chi connectivity index (χ4n) is 1.59. The van der Waals surface area contributed by atoms with Crippen molar-refractivity contribution < 1.29 is 9.32 Å². The second-order valence-electron chi connectivity index (χ2n) is 4.08. The third kappa shape index (κ3) is 3.54. The molecule has 0 aromatic carbocycles. The van der Waals surface area contributed by atoms with Crippen LogP contribution in [-0.2, 0) is 6.54 Å². The molecule has 1 amide bonds. The molecule has 2 heterocycles. The summed E-state index contributed by atoms with van der Waals surface area (Å²) < 4.78 is 5.01. The fourth-order valence-corrected chi connectivity index (χ4v) is 1.59. The molecule has 2 N–H and O–H groups in total. The number of pyridine rings is 1. The van der Waals surface area contributed by atoms with E-state index >= 15 is 0 Å². The fraction of sp³-hybridized carbons (Fsp3) is 0.308. The first-order chi connectivity index (χ1) is 9.19. The number of hydrogen-bond donors (Lipinski definition) is 2. The number of nitrogens with zero attached hydrogens (tertiary/aromatic N) is 2. The number of aryl methyl sites for hydroxylation is 1. The maximum atomic E-state index is 11.8. The van der Waals surface area contributed by atoms with Gasteiger partial charge in [0.15, 0.2) is 5.76 Å². The van der Waals surface area contributed by atoms with Gasteiger partial charge in [-0.2, -0.15) is 0 Å². The van der Waals surface area contributed by atoms with Crippen LogP contribution >= 0.6 is 0 Å². The van der Waals surface area contributed by atoms with Gasteiger partial charge >= 0.3 is 0 Å². The standard InChI is InChI=1S/C13H16N4O2/c1-3-14-10-4-5-12(15-7-10)13(18)16-8-11-6-9(2)17-19-11/h4-7,14H,3,8H2,1-2H3,(H,16,18). The van der Waals surface area contributed by atoms with Crippen LogP contribution in [0.2, 0.25) is 0 Å². The first kappa shape index (κ1) is 13.1. The molecule has 0 bridgehead atoms. The highest BCUT2D eigenvalue weighted by molar-refractivity contribution is 5.92. The average Bonchev–Trinajstić information content (AvgIpc) is 2.83. The Morgan fingerprint density at radius 1 is 1.42 bits per heavy atom. The zero-order valence-electron chi connectivity index (χ0n) is 10.9. The van der Waals surface area contributed by atoms with Crippen molar-refractivity contribution in [1.29, 1.82) is 0 Å². The van der Waals surface area contributed by atoms with Crippen molar-refractivity contribution in [3.8, 4) is 0 Å². The van der Waals surface area contributed by atoms with Crippen LogP contribution in [0.3, 0.4) is 0 Å². The summed E-state index contributed by atoms with van der Waals surface area (Å²) in [6.45, 7) is 4.95. The minimum absolute atomic E-state index is 0.239. The van der Waals surface area contributed by atoms with Crippen LogP contribution in [0.4, 0.5) is 5.69 Å². The first-order valence-corrected chi connectivity index (χ1v) is 6.09. The quantitative estimate of drug-likeness (QED) is 0.856. The molecule has 0 saturated carbocycles. The van der Waals surface area contributed by atoms with E-state index in [0.29, 0.717) is 18.0 Å². The maximum absolute atomic E-state index is 11.8. The normalized spacial score (nSPS) is 10.2. The van der Waals surface area contributed by atoms with Crippen LogP contribution in [0.25, 0.3) is 0 Å². The highest BCUT2D eigenvalue weighted by atomic mass is 16.5. The van der Waals surface area contributed by atoms with Crippen molar-refractivity contribution in [2.75, 3.05) is 11.9 Å². The number of nitrogens with one attached hydrogen (secondary N) is 2. The average molecular weight is 260 g/mol. The molecule has 19 heavy (non-hydrogen) atoms. The van der Waals surface area contributed by atoms with Gasteiger partial charge in [-0.05, 0) is 26.0 Å². The lowest BCUT2D eigenvalue weighted by Gasteiger charge is -2.04. The van der Waals surface area contributed by atoms with Crippen molar-refractivity contribution in [3.63, 3.8) is 0 Å². The minimum Gasteiger partial charge on any atom is -0.384 e. The Morgan fingerprint density at radius 3 is 2.84 bits per heavy atom. The van der Waals surface area contributed by atoms with Gasteiger partial charge in [0.2, 0.25) is 0 Å². The second-order valence-corrected chi connectivity index (χ2v) is 4.08. The third-order valence-electron chi connectivity index (χ3n) is 2.48. The lowest BCUT2D eigenvalue weighted by atomic mass is 10.3. The molecular formula is C13H16N4O2. The van der Waals surface area contributed by atoms with Gasteiger partial charge in [0.25, 0.3) is 5.91 Å². The van der Waals surface area contributed by atoms with Crippen LogP contribution in [0, 0.1) is 6.92 Å². The van der Waals surface area contributed by atoms with Gasteiger partial charge in [0.05, 0.1) is 24.1 Å². The molecule has 0 aliphatic carbocycles. The van der Waals surface area contributed by atoms with Crippen LogP contribution in [0.15, 0.2) is 28.9 Å². The van der Waals surface area contributed by atoms with Crippen LogP contribution in [0.5, 0.6) is 0 Å². The molecule has 0 spiro atoms. The molecule has 6 heteroatoms. The highest BCUT2D eigenvalue weighted by Crippen LogP contribution is 2.06. The van der Waals surface area contributed by atoms with Gasteiger partial charge in [0.1, 0.15) is 5.69 Å². The van der Waals surface area contributed by atoms with E-state index < -0.39 is 0 Å². The Morgan fingerprint density at radius 2 is 2.26 bits per heavy atom. The molecule has 0 unspecified atom stereocenters. The van der Waals surface area contributed by atoms with Gasteiger partial charge in [-0.15, -0.1) is 0 Å². The summed E-state index contributed by atoms with van der Waals surface area (Å²) in [5.74, 6) is 0.382. The molecular weight excluding hydrogens is 244 g/mol. The molecule has 0 saturated heterocycles. The topological polar surface area (TPSA) is 80.0 Å². The number of anilines is 1. The van der Waals surface area contributed by atoms with E-state index in [2.05, 4.69) is 20.8 Å². The van der Waals surface area contributed by atoms with E-state index in [-0.39, 0.29) is 5.91 Å². The highest BCUT2D eigenvalue weighted by Gasteiger charge is 2.08. The molecule has 6 nitrogen and oxygen atoms in total. The minimum atomic E-state index is -0.239. The van der Waals surface area contributed by atoms with E-state index in [9.17, 15) is 4.79 Å². The largest absolute Gasteiger partial charge is 0.384 e. The van der Waals surface area contributed by atoms with Crippen molar-refractivity contribution in [1.82, 2.24) is 15.5 Å². The Labute approximate surface area is 111 Å². The predicted molar refractivity (Wildman–Crippen MR) is 70.8 cm³/mol. The van der Waals surface area contributed by atoms with Gasteiger partial charge in [-0.25, -0.2) is 4.98 Å². The monoisotopic (exact) mass is 260 g/mol. The van der Waals surface area contributed by atoms with Gasteiger partial charge in [-0.3, -0.25) is 4.79 Å². The Kier molecular flexibility index (Phi) is 4.12. The number of amides is 1. The molecule has 0 aliphatic rings. The molecule has 100 valence electrons. The van der Waals surface area contributed by atoms with E-state index in [1.807, 2.05) is 19.9 Å². The van der Waals surface area contributed by atoms with E-state index in [1.165, 1.54) is 0 Å². The number of aromatic nitrogens is 2. The summed E-state index contributed by atoms with van der Waals surface area (Å²) in [6.07, 6.45) is 1.64. The molecule has 0 atom stereocenters. The van der Waals surface area contributed by atoms with E-state index in [4.69, 9.17) is 4.52 Å². The molecule has 0 aliphatic heterocycles. The van der Waals surface area contributed by atoms with E-state index in [1.54, 1.807) is 18.3 Å². The summed E-state index contributed by atoms with van der Waals surface area (Å²) >= 11 is 0. The summed E-state index contributed by atoms with van der Waals surface area (Å²) in [4.78, 5) is 15.9.